The number of unbranched alkanes of at least 4 members (excludes halogenated alkanes) is 1. The third-order valence-corrected chi connectivity index (χ3v) is 2.79. The van der Waals surface area contributed by atoms with Crippen molar-refractivity contribution in [1.82, 2.24) is 5.32 Å². The predicted molar refractivity (Wildman–Crippen MR) is 75.1 cm³/mol. The van der Waals surface area contributed by atoms with Crippen molar-refractivity contribution >= 4 is 11.7 Å². The van der Waals surface area contributed by atoms with Crippen molar-refractivity contribution in [1.29, 1.82) is 0 Å². The molecule has 0 aliphatic heterocycles. The fraction of sp³-hybridized carbons (Fsp3) is 0.846. The number of carbonyl (C=O) groups is 1. The van der Waals surface area contributed by atoms with Gasteiger partial charge in [0.1, 0.15) is 5.92 Å². The summed E-state index contributed by atoms with van der Waals surface area (Å²) in [6.45, 7) is 7.77. The molecule has 0 fully saturated rings. The van der Waals surface area contributed by atoms with Gasteiger partial charge in [-0.05, 0) is 18.8 Å². The first-order valence-electron chi connectivity index (χ1n) is 6.87. The lowest BCUT2D eigenvalue weighted by molar-refractivity contribution is -0.124. The summed E-state index contributed by atoms with van der Waals surface area (Å²) in [6.07, 6.45) is 2.94. The van der Waals surface area contributed by atoms with Crippen molar-refractivity contribution in [2.24, 2.45) is 22.7 Å². The van der Waals surface area contributed by atoms with Crippen LogP contribution in [-0.4, -0.2) is 36.7 Å². The van der Waals surface area contributed by atoms with Crippen LogP contribution in [0.4, 0.5) is 0 Å². The van der Waals surface area contributed by atoms with Crippen LogP contribution in [0.3, 0.4) is 0 Å². The summed E-state index contributed by atoms with van der Waals surface area (Å²) in [5, 5.41) is 14.4. The van der Waals surface area contributed by atoms with Gasteiger partial charge in [0.25, 0.3) is 0 Å². The minimum Gasteiger partial charge on any atom is -0.409 e. The monoisotopic (exact) mass is 273 g/mol. The third-order valence-electron chi connectivity index (χ3n) is 2.79. The van der Waals surface area contributed by atoms with Gasteiger partial charge >= 0.3 is 0 Å². The van der Waals surface area contributed by atoms with E-state index in [0.29, 0.717) is 13.2 Å². The van der Waals surface area contributed by atoms with Crippen molar-refractivity contribution in [3.05, 3.63) is 0 Å². The molecule has 0 bridgehead atoms. The third kappa shape index (κ3) is 7.66. The molecule has 1 amide bonds. The number of hydrogen-bond acceptors (Lipinski definition) is 4. The molecule has 0 aliphatic carbocycles. The zero-order valence-corrected chi connectivity index (χ0v) is 12.2. The van der Waals surface area contributed by atoms with Crippen molar-refractivity contribution in [3.8, 4) is 0 Å². The van der Waals surface area contributed by atoms with Crippen LogP contribution in [0, 0.1) is 11.8 Å². The molecule has 1 unspecified atom stereocenters. The van der Waals surface area contributed by atoms with Gasteiger partial charge in [-0.1, -0.05) is 32.3 Å². The number of hydrogen-bond donors (Lipinski definition) is 3. The van der Waals surface area contributed by atoms with Crippen molar-refractivity contribution in [2.75, 3.05) is 19.8 Å². The van der Waals surface area contributed by atoms with Crippen molar-refractivity contribution in [2.45, 2.75) is 40.0 Å². The van der Waals surface area contributed by atoms with E-state index in [4.69, 9.17) is 15.7 Å². The molecule has 0 aromatic carbocycles. The van der Waals surface area contributed by atoms with E-state index >= 15 is 0 Å². The molecule has 0 spiro atoms. The van der Waals surface area contributed by atoms with Gasteiger partial charge in [0.2, 0.25) is 5.91 Å². The Hall–Kier alpha value is -1.30. The number of carbonyl (C=O) groups excluding carboxylic acids is 1. The maximum atomic E-state index is 11.9. The molecule has 0 aromatic rings. The van der Waals surface area contributed by atoms with E-state index in [1.165, 1.54) is 0 Å². The minimum atomic E-state index is -0.592. The number of nitrogens with one attached hydrogen (secondary N) is 1. The lowest BCUT2D eigenvalue weighted by Gasteiger charge is -2.18. The van der Waals surface area contributed by atoms with Crippen LogP contribution in [0.5, 0.6) is 0 Å². The highest BCUT2D eigenvalue weighted by atomic mass is 16.5. The Morgan fingerprint density at radius 3 is 2.53 bits per heavy atom. The Morgan fingerprint density at radius 2 is 2.00 bits per heavy atom. The van der Waals surface area contributed by atoms with E-state index in [1.807, 2.05) is 13.8 Å². The van der Waals surface area contributed by atoms with E-state index < -0.39 is 5.92 Å². The predicted octanol–water partition coefficient (Wildman–Crippen LogP) is 1.33. The Balaban J connectivity index is 3.89. The number of ether oxygens (including phenoxy) is 1. The Morgan fingerprint density at radius 1 is 1.37 bits per heavy atom. The molecular formula is C13H27N3O3. The Kier molecular flexibility index (Phi) is 9.88. The fourth-order valence-corrected chi connectivity index (χ4v) is 1.69. The average molecular weight is 273 g/mol. The van der Waals surface area contributed by atoms with E-state index in [0.717, 1.165) is 25.9 Å². The minimum absolute atomic E-state index is 0.0169. The topological polar surface area (TPSA) is 96.9 Å². The maximum Gasteiger partial charge on any atom is 0.231 e. The SMILES string of the molecule is CCCCOCCCNC(=O)C(C(N)=NO)C(C)C. The Bertz CT molecular complexity index is 280. The fourth-order valence-electron chi connectivity index (χ4n) is 1.69. The molecule has 0 aromatic heterocycles. The van der Waals surface area contributed by atoms with Crippen LogP contribution in [0.1, 0.15) is 40.0 Å². The maximum absolute atomic E-state index is 11.9. The van der Waals surface area contributed by atoms with E-state index in [-0.39, 0.29) is 17.7 Å². The van der Waals surface area contributed by atoms with Crippen LogP contribution >= 0.6 is 0 Å². The second-order valence-corrected chi connectivity index (χ2v) is 4.86. The van der Waals surface area contributed by atoms with Gasteiger partial charge in [-0.25, -0.2) is 0 Å². The molecule has 0 saturated heterocycles. The van der Waals surface area contributed by atoms with E-state index in [2.05, 4.69) is 17.4 Å². The zero-order valence-electron chi connectivity index (χ0n) is 12.2. The van der Waals surface area contributed by atoms with Crippen LogP contribution in [0.2, 0.25) is 0 Å². The number of nitrogens with zero attached hydrogens (tertiary/aromatic N) is 1. The van der Waals surface area contributed by atoms with E-state index in [9.17, 15) is 4.79 Å². The zero-order chi connectivity index (χ0) is 14.7. The second kappa shape index (κ2) is 10.6. The molecule has 1 atom stereocenters. The number of amidine groups is 1. The summed E-state index contributed by atoms with van der Waals surface area (Å²) < 4.78 is 5.39. The molecule has 0 aliphatic rings. The summed E-state index contributed by atoms with van der Waals surface area (Å²) in [5.41, 5.74) is 5.52. The summed E-state index contributed by atoms with van der Waals surface area (Å²) in [6, 6.07) is 0. The first kappa shape index (κ1) is 17.7. The first-order chi connectivity index (χ1) is 9.04. The number of rotatable bonds is 10. The van der Waals surface area contributed by atoms with Crippen LogP contribution in [0.15, 0.2) is 5.16 Å². The summed E-state index contributed by atoms with van der Waals surface area (Å²) >= 11 is 0. The molecule has 6 nitrogen and oxygen atoms in total. The van der Waals surface area contributed by atoms with Gasteiger partial charge in [-0.3, -0.25) is 4.79 Å². The van der Waals surface area contributed by atoms with Crippen LogP contribution in [-0.2, 0) is 9.53 Å². The second-order valence-electron chi connectivity index (χ2n) is 4.86. The lowest BCUT2D eigenvalue weighted by atomic mass is 9.94. The van der Waals surface area contributed by atoms with Crippen LogP contribution in [0.25, 0.3) is 0 Å². The number of nitrogens with two attached hydrogens (primary N) is 1. The van der Waals surface area contributed by atoms with Gasteiger partial charge in [0.15, 0.2) is 5.84 Å². The summed E-state index contributed by atoms with van der Waals surface area (Å²) in [7, 11) is 0. The van der Waals surface area contributed by atoms with Gasteiger partial charge in [-0.2, -0.15) is 0 Å². The van der Waals surface area contributed by atoms with Gasteiger partial charge in [0, 0.05) is 19.8 Å². The molecule has 4 N–H and O–H groups in total. The van der Waals surface area contributed by atoms with Gasteiger partial charge < -0.3 is 21.0 Å². The molecule has 19 heavy (non-hydrogen) atoms. The highest BCUT2D eigenvalue weighted by Crippen LogP contribution is 2.11. The normalized spacial score (nSPS) is 13.6. The number of amides is 1. The standard InChI is InChI=1S/C13H27N3O3/c1-4-5-8-19-9-6-7-15-13(17)11(10(2)3)12(14)16-18/h10-11,18H,4-9H2,1-3H3,(H2,14,16)(H,15,17). The highest BCUT2D eigenvalue weighted by Gasteiger charge is 2.26. The first-order valence-corrected chi connectivity index (χ1v) is 6.87. The molecular weight excluding hydrogens is 246 g/mol. The largest absolute Gasteiger partial charge is 0.409 e. The molecule has 0 rings (SSSR count). The highest BCUT2D eigenvalue weighted by molar-refractivity contribution is 6.02. The summed E-state index contributed by atoms with van der Waals surface area (Å²) in [5.74, 6) is -0.867. The molecule has 0 radical (unpaired) electrons. The summed E-state index contributed by atoms with van der Waals surface area (Å²) in [4.78, 5) is 11.9. The Labute approximate surface area is 115 Å². The quantitative estimate of drug-likeness (QED) is 0.184. The average Bonchev–Trinajstić information content (AvgIpc) is 2.37. The van der Waals surface area contributed by atoms with Crippen molar-refractivity contribution in [3.63, 3.8) is 0 Å². The van der Waals surface area contributed by atoms with Gasteiger partial charge in [0.05, 0.1) is 0 Å². The number of oxime groups is 1. The molecule has 0 heterocycles. The smallest absolute Gasteiger partial charge is 0.231 e. The van der Waals surface area contributed by atoms with Crippen LogP contribution < -0.4 is 11.1 Å². The lowest BCUT2D eigenvalue weighted by Crippen LogP contribution is -2.42. The molecule has 6 heteroatoms. The van der Waals surface area contributed by atoms with Gasteiger partial charge in [-0.15, -0.1) is 0 Å². The van der Waals surface area contributed by atoms with E-state index in [1.54, 1.807) is 0 Å². The molecule has 0 saturated carbocycles. The molecule has 112 valence electrons. The van der Waals surface area contributed by atoms with Crippen molar-refractivity contribution < 1.29 is 14.7 Å².